The second-order valence-corrected chi connectivity index (χ2v) is 5.15. The highest BCUT2D eigenvalue weighted by Crippen LogP contribution is 2.25. The molecule has 0 spiro atoms. The van der Waals surface area contributed by atoms with Crippen LogP contribution in [-0.2, 0) is 6.54 Å². The second-order valence-electron chi connectivity index (χ2n) is 4.30. The molecule has 0 aliphatic rings. The Morgan fingerprint density at radius 1 is 1.26 bits per heavy atom. The van der Waals surface area contributed by atoms with E-state index in [0.29, 0.717) is 12.2 Å². The first-order valence-corrected chi connectivity index (χ1v) is 7.09. The molecule has 0 bridgehead atoms. The van der Waals surface area contributed by atoms with Crippen LogP contribution >= 0.6 is 15.9 Å². The molecule has 0 radical (unpaired) electrons. The van der Waals surface area contributed by atoms with Crippen LogP contribution in [0.5, 0.6) is 0 Å². The summed E-state index contributed by atoms with van der Waals surface area (Å²) in [6.07, 6.45) is 2.54. The summed E-state index contributed by atoms with van der Waals surface area (Å²) in [5.41, 5.74) is 1.63. The number of benzene rings is 1. The normalized spacial score (nSPS) is 12.4. The molecule has 1 N–H and O–H groups in total. The number of hydrogen-bond acceptors (Lipinski definition) is 2. The molecule has 2 rings (SSSR count). The van der Waals surface area contributed by atoms with E-state index in [2.05, 4.69) is 39.2 Å². The highest BCUT2D eigenvalue weighted by molar-refractivity contribution is 9.10. The maximum atomic E-state index is 13.5. The van der Waals surface area contributed by atoms with Crippen molar-refractivity contribution >= 4 is 15.9 Å². The van der Waals surface area contributed by atoms with E-state index in [-0.39, 0.29) is 11.9 Å². The van der Waals surface area contributed by atoms with E-state index < -0.39 is 0 Å². The van der Waals surface area contributed by atoms with Crippen molar-refractivity contribution < 1.29 is 4.39 Å². The van der Waals surface area contributed by atoms with Crippen LogP contribution in [-0.4, -0.2) is 4.98 Å². The fourth-order valence-electron chi connectivity index (χ4n) is 2.00. The number of rotatable bonds is 5. The van der Waals surface area contributed by atoms with E-state index in [1.807, 2.05) is 18.2 Å². The van der Waals surface area contributed by atoms with Crippen molar-refractivity contribution in [1.82, 2.24) is 10.3 Å². The summed E-state index contributed by atoms with van der Waals surface area (Å²) in [7, 11) is 0. The number of pyridine rings is 1. The zero-order valence-corrected chi connectivity index (χ0v) is 12.3. The Morgan fingerprint density at radius 2 is 2.05 bits per heavy atom. The van der Waals surface area contributed by atoms with Crippen molar-refractivity contribution in [3.63, 3.8) is 0 Å². The summed E-state index contributed by atoms with van der Waals surface area (Å²) >= 11 is 3.55. The molecule has 19 heavy (non-hydrogen) atoms. The first-order chi connectivity index (χ1) is 9.22. The lowest BCUT2D eigenvalue weighted by Crippen LogP contribution is -2.21. The zero-order valence-electron chi connectivity index (χ0n) is 10.7. The molecule has 0 fully saturated rings. The maximum absolute atomic E-state index is 13.5. The van der Waals surface area contributed by atoms with Gasteiger partial charge in [0.25, 0.3) is 0 Å². The van der Waals surface area contributed by atoms with Gasteiger partial charge in [0, 0.05) is 23.3 Å². The van der Waals surface area contributed by atoms with Gasteiger partial charge in [-0.15, -0.1) is 0 Å². The van der Waals surface area contributed by atoms with Gasteiger partial charge in [-0.2, -0.15) is 0 Å². The predicted octanol–water partition coefficient (Wildman–Crippen LogP) is 4.22. The van der Waals surface area contributed by atoms with Crippen LogP contribution in [0.3, 0.4) is 0 Å². The summed E-state index contributed by atoms with van der Waals surface area (Å²) in [6, 6.07) is 11.3. The van der Waals surface area contributed by atoms with E-state index in [0.717, 1.165) is 10.9 Å². The molecule has 0 unspecified atom stereocenters. The minimum absolute atomic E-state index is 0.178. The van der Waals surface area contributed by atoms with Crippen LogP contribution < -0.4 is 5.32 Å². The number of aromatic nitrogens is 1. The van der Waals surface area contributed by atoms with Gasteiger partial charge in [-0.1, -0.05) is 41.1 Å². The fourth-order valence-corrected chi connectivity index (χ4v) is 2.56. The molecule has 0 amide bonds. The average molecular weight is 323 g/mol. The largest absolute Gasteiger partial charge is 0.304 e. The second kappa shape index (κ2) is 6.78. The van der Waals surface area contributed by atoms with Crippen LogP contribution in [0, 0.1) is 5.82 Å². The number of hydrogen-bond donors (Lipinski definition) is 1. The fraction of sp³-hybridized carbons (Fsp3) is 0.267. The molecule has 1 heterocycles. The SMILES string of the molecule is CC[C@@H](NCc1ncccc1F)c1ccccc1Br. The lowest BCUT2D eigenvalue weighted by Gasteiger charge is -2.18. The lowest BCUT2D eigenvalue weighted by molar-refractivity contribution is 0.495. The van der Waals surface area contributed by atoms with E-state index in [4.69, 9.17) is 0 Å². The quantitative estimate of drug-likeness (QED) is 0.891. The van der Waals surface area contributed by atoms with Crippen molar-refractivity contribution in [2.24, 2.45) is 0 Å². The summed E-state index contributed by atoms with van der Waals surface area (Å²) in [5, 5.41) is 3.35. The third-order valence-electron chi connectivity index (χ3n) is 3.04. The molecule has 0 saturated heterocycles. The smallest absolute Gasteiger partial charge is 0.146 e. The molecule has 0 aliphatic carbocycles. The van der Waals surface area contributed by atoms with Gasteiger partial charge in [-0.3, -0.25) is 4.98 Å². The Balaban J connectivity index is 2.09. The Hall–Kier alpha value is -1.26. The van der Waals surface area contributed by atoms with Gasteiger partial charge in [0.2, 0.25) is 0 Å². The Kier molecular flexibility index (Phi) is 5.05. The Morgan fingerprint density at radius 3 is 2.74 bits per heavy atom. The lowest BCUT2D eigenvalue weighted by atomic mass is 10.0. The van der Waals surface area contributed by atoms with Crippen LogP contribution in [0.15, 0.2) is 47.1 Å². The molecule has 0 aliphatic heterocycles. The van der Waals surface area contributed by atoms with Gasteiger partial charge in [-0.25, -0.2) is 4.39 Å². The van der Waals surface area contributed by atoms with Crippen molar-refractivity contribution in [2.75, 3.05) is 0 Å². The monoisotopic (exact) mass is 322 g/mol. The van der Waals surface area contributed by atoms with E-state index in [9.17, 15) is 4.39 Å². The van der Waals surface area contributed by atoms with Crippen molar-refractivity contribution in [1.29, 1.82) is 0 Å². The van der Waals surface area contributed by atoms with Gasteiger partial charge < -0.3 is 5.32 Å². The van der Waals surface area contributed by atoms with Crippen molar-refractivity contribution in [3.05, 3.63) is 64.1 Å². The standard InChI is InChI=1S/C15H16BrFN2/c1-2-14(11-6-3-4-7-12(11)16)19-10-15-13(17)8-5-9-18-15/h3-9,14,19H,2,10H2,1H3/t14-/m1/s1. The maximum Gasteiger partial charge on any atom is 0.146 e. The van der Waals surface area contributed by atoms with Gasteiger partial charge >= 0.3 is 0 Å². The van der Waals surface area contributed by atoms with Crippen molar-refractivity contribution in [2.45, 2.75) is 25.9 Å². The average Bonchev–Trinajstić information content (AvgIpc) is 2.43. The molecule has 2 nitrogen and oxygen atoms in total. The molecule has 0 saturated carbocycles. The molecular weight excluding hydrogens is 307 g/mol. The van der Waals surface area contributed by atoms with Gasteiger partial charge in [0.05, 0.1) is 5.69 Å². The summed E-state index contributed by atoms with van der Waals surface area (Å²) in [5.74, 6) is -0.267. The zero-order chi connectivity index (χ0) is 13.7. The minimum atomic E-state index is -0.267. The predicted molar refractivity (Wildman–Crippen MR) is 78.2 cm³/mol. The highest BCUT2D eigenvalue weighted by atomic mass is 79.9. The van der Waals surface area contributed by atoms with Gasteiger partial charge in [-0.05, 0) is 30.2 Å². The number of nitrogens with one attached hydrogen (secondary N) is 1. The van der Waals surface area contributed by atoms with E-state index >= 15 is 0 Å². The summed E-state index contributed by atoms with van der Waals surface area (Å²) in [4.78, 5) is 4.05. The first kappa shape index (κ1) is 14.2. The number of halogens is 2. The van der Waals surface area contributed by atoms with Crippen LogP contribution in [0.25, 0.3) is 0 Å². The molecule has 100 valence electrons. The Bertz CT molecular complexity index is 545. The van der Waals surface area contributed by atoms with Gasteiger partial charge in [0.1, 0.15) is 5.82 Å². The van der Waals surface area contributed by atoms with Gasteiger partial charge in [0.15, 0.2) is 0 Å². The number of nitrogens with zero attached hydrogens (tertiary/aromatic N) is 1. The molecule has 1 aromatic heterocycles. The molecule has 1 aromatic carbocycles. The van der Waals surface area contributed by atoms with Crippen molar-refractivity contribution in [3.8, 4) is 0 Å². The third-order valence-corrected chi connectivity index (χ3v) is 3.76. The molecular formula is C15H16BrFN2. The molecule has 2 aromatic rings. The minimum Gasteiger partial charge on any atom is -0.304 e. The van der Waals surface area contributed by atoms with E-state index in [1.165, 1.54) is 11.6 Å². The topological polar surface area (TPSA) is 24.9 Å². The summed E-state index contributed by atoms with van der Waals surface area (Å²) < 4.78 is 14.6. The van der Waals surface area contributed by atoms with E-state index in [1.54, 1.807) is 12.3 Å². The first-order valence-electron chi connectivity index (χ1n) is 6.29. The molecule has 1 atom stereocenters. The van der Waals surface area contributed by atoms with Crippen LogP contribution in [0.2, 0.25) is 0 Å². The Labute approximate surface area is 121 Å². The van der Waals surface area contributed by atoms with Crippen LogP contribution in [0.4, 0.5) is 4.39 Å². The highest BCUT2D eigenvalue weighted by Gasteiger charge is 2.12. The summed E-state index contributed by atoms with van der Waals surface area (Å²) in [6.45, 7) is 2.53. The molecule has 4 heteroatoms. The van der Waals surface area contributed by atoms with Crippen LogP contribution in [0.1, 0.15) is 30.6 Å². The third kappa shape index (κ3) is 3.61.